The van der Waals surface area contributed by atoms with E-state index in [-0.39, 0.29) is 24.3 Å². The summed E-state index contributed by atoms with van der Waals surface area (Å²) in [5.41, 5.74) is 2.35. The Kier molecular flexibility index (Phi) is 7.02. The van der Waals surface area contributed by atoms with Crippen molar-refractivity contribution in [3.8, 4) is 5.75 Å². The molecule has 2 rings (SSSR count). The van der Waals surface area contributed by atoms with Crippen LogP contribution in [0.5, 0.6) is 5.75 Å². The Morgan fingerprint density at radius 2 is 1.88 bits per heavy atom. The van der Waals surface area contributed by atoms with Gasteiger partial charge in [-0.25, -0.2) is 0 Å². The van der Waals surface area contributed by atoms with Crippen LogP contribution in [0.1, 0.15) is 44.2 Å². The lowest BCUT2D eigenvalue weighted by Crippen LogP contribution is -2.26. The van der Waals surface area contributed by atoms with E-state index < -0.39 is 0 Å². The van der Waals surface area contributed by atoms with Crippen LogP contribution >= 0.6 is 0 Å². The molecule has 0 bridgehead atoms. The number of hydrogen-bond donors (Lipinski definition) is 2. The molecule has 2 aromatic rings. The molecule has 134 valence electrons. The van der Waals surface area contributed by atoms with Gasteiger partial charge in [-0.05, 0) is 36.6 Å². The van der Waals surface area contributed by atoms with Crippen LogP contribution in [0.15, 0.2) is 48.5 Å². The molecule has 4 heteroatoms. The average molecular weight is 341 g/mol. The summed E-state index contributed by atoms with van der Waals surface area (Å²) in [6, 6.07) is 15.2. The summed E-state index contributed by atoms with van der Waals surface area (Å²) < 4.78 is 5.49. The van der Waals surface area contributed by atoms with E-state index in [1.807, 2.05) is 37.3 Å². The normalized spacial score (nSPS) is 13.1. The zero-order chi connectivity index (χ0) is 18.2. The number of nitrogens with one attached hydrogen (secondary N) is 1. The fraction of sp³-hybridized carbons (Fsp3) is 0.381. The van der Waals surface area contributed by atoms with Crippen molar-refractivity contribution >= 4 is 11.6 Å². The second-order valence-electron chi connectivity index (χ2n) is 6.18. The zero-order valence-electron chi connectivity index (χ0n) is 15.2. The molecule has 0 heterocycles. The molecule has 0 aromatic heterocycles. The Morgan fingerprint density at radius 3 is 2.48 bits per heavy atom. The maximum atomic E-state index is 12.9. The summed E-state index contributed by atoms with van der Waals surface area (Å²) in [5, 5.41) is 12.5. The van der Waals surface area contributed by atoms with Gasteiger partial charge in [0.15, 0.2) is 0 Å². The molecule has 2 unspecified atom stereocenters. The highest BCUT2D eigenvalue weighted by Gasteiger charge is 2.26. The molecular weight excluding hydrogens is 314 g/mol. The molecule has 25 heavy (non-hydrogen) atoms. The first-order valence-electron chi connectivity index (χ1n) is 8.83. The highest BCUT2D eigenvalue weighted by molar-refractivity contribution is 5.96. The molecule has 0 spiro atoms. The van der Waals surface area contributed by atoms with Crippen molar-refractivity contribution in [2.24, 2.45) is 5.92 Å². The summed E-state index contributed by atoms with van der Waals surface area (Å²) >= 11 is 0. The maximum absolute atomic E-state index is 12.9. The predicted octanol–water partition coefficient (Wildman–Crippen LogP) is 4.35. The molecule has 4 nitrogen and oxygen atoms in total. The number of benzene rings is 2. The van der Waals surface area contributed by atoms with Crippen LogP contribution in [0, 0.1) is 5.92 Å². The van der Waals surface area contributed by atoms with E-state index in [0.29, 0.717) is 23.6 Å². The monoisotopic (exact) mass is 341 g/mol. The van der Waals surface area contributed by atoms with Gasteiger partial charge in [0.25, 0.3) is 0 Å². The van der Waals surface area contributed by atoms with E-state index in [1.54, 1.807) is 18.2 Å². The number of aliphatic hydroxyl groups excluding tert-OH is 1. The third kappa shape index (κ3) is 4.83. The number of carbonyl (C=O) groups is 1. The molecule has 0 aliphatic rings. The Balaban J connectivity index is 2.23. The molecule has 0 fully saturated rings. The lowest BCUT2D eigenvalue weighted by atomic mass is 9.85. The van der Waals surface area contributed by atoms with Crippen LogP contribution in [0.25, 0.3) is 0 Å². The number of ether oxygens (including phenoxy) is 1. The SMILES string of the molecule is CCOc1ccc(NC(=O)C(c2ccccc2)C(C)CC)cc1CO. The Morgan fingerprint density at radius 1 is 1.16 bits per heavy atom. The van der Waals surface area contributed by atoms with Gasteiger partial charge in [-0.1, -0.05) is 50.6 Å². The van der Waals surface area contributed by atoms with Crippen LogP contribution in [0.3, 0.4) is 0 Å². The average Bonchev–Trinajstić information content (AvgIpc) is 2.64. The Bertz CT molecular complexity index is 685. The second-order valence-corrected chi connectivity index (χ2v) is 6.18. The van der Waals surface area contributed by atoms with Crippen molar-refractivity contribution in [1.29, 1.82) is 0 Å². The molecule has 0 aliphatic heterocycles. The number of carbonyl (C=O) groups excluding carboxylic acids is 1. The first kappa shape index (κ1) is 19.0. The largest absolute Gasteiger partial charge is 0.494 e. The first-order valence-corrected chi connectivity index (χ1v) is 8.83. The minimum atomic E-state index is -0.213. The van der Waals surface area contributed by atoms with Gasteiger partial charge < -0.3 is 15.2 Å². The molecule has 0 radical (unpaired) electrons. The number of amides is 1. The van der Waals surface area contributed by atoms with E-state index in [4.69, 9.17) is 4.74 Å². The molecule has 2 N–H and O–H groups in total. The number of anilines is 1. The minimum absolute atomic E-state index is 0.0337. The number of aliphatic hydroxyl groups is 1. The van der Waals surface area contributed by atoms with Gasteiger partial charge in [0.1, 0.15) is 5.75 Å². The highest BCUT2D eigenvalue weighted by Crippen LogP contribution is 2.29. The molecular formula is C21H27NO3. The van der Waals surface area contributed by atoms with Gasteiger partial charge in [0.05, 0.1) is 19.1 Å². The Labute approximate surface area is 149 Å². The van der Waals surface area contributed by atoms with Crippen LogP contribution in [0.2, 0.25) is 0 Å². The predicted molar refractivity (Wildman–Crippen MR) is 101 cm³/mol. The smallest absolute Gasteiger partial charge is 0.232 e. The maximum Gasteiger partial charge on any atom is 0.232 e. The van der Waals surface area contributed by atoms with Crippen LogP contribution in [-0.4, -0.2) is 17.6 Å². The fourth-order valence-electron chi connectivity index (χ4n) is 2.93. The lowest BCUT2D eigenvalue weighted by molar-refractivity contribution is -0.118. The van der Waals surface area contributed by atoms with Gasteiger partial charge in [0.2, 0.25) is 5.91 Å². The molecule has 0 saturated carbocycles. The number of rotatable bonds is 8. The highest BCUT2D eigenvalue weighted by atomic mass is 16.5. The Hall–Kier alpha value is -2.33. The summed E-state index contributed by atoms with van der Waals surface area (Å²) in [4.78, 5) is 12.9. The zero-order valence-corrected chi connectivity index (χ0v) is 15.2. The molecule has 0 aliphatic carbocycles. The number of hydrogen-bond acceptors (Lipinski definition) is 3. The van der Waals surface area contributed by atoms with Crippen LogP contribution in [0.4, 0.5) is 5.69 Å². The van der Waals surface area contributed by atoms with Crippen molar-refractivity contribution in [2.75, 3.05) is 11.9 Å². The van der Waals surface area contributed by atoms with Crippen molar-refractivity contribution < 1.29 is 14.6 Å². The molecule has 2 atom stereocenters. The van der Waals surface area contributed by atoms with E-state index >= 15 is 0 Å². The molecule has 0 saturated heterocycles. The third-order valence-electron chi connectivity index (χ3n) is 4.45. The summed E-state index contributed by atoms with van der Waals surface area (Å²) in [5.74, 6) is 0.621. The van der Waals surface area contributed by atoms with Gasteiger partial charge in [-0.2, -0.15) is 0 Å². The van der Waals surface area contributed by atoms with E-state index in [2.05, 4.69) is 19.2 Å². The van der Waals surface area contributed by atoms with E-state index in [9.17, 15) is 9.90 Å². The van der Waals surface area contributed by atoms with Gasteiger partial charge in [0, 0.05) is 11.3 Å². The van der Waals surface area contributed by atoms with E-state index in [1.165, 1.54) is 0 Å². The van der Waals surface area contributed by atoms with Crippen molar-refractivity contribution in [3.63, 3.8) is 0 Å². The topological polar surface area (TPSA) is 58.6 Å². The fourth-order valence-corrected chi connectivity index (χ4v) is 2.93. The standard InChI is InChI=1S/C21H27NO3/c1-4-15(3)20(16-9-7-6-8-10-16)21(24)22-18-11-12-19(25-5-2)17(13-18)14-23/h6-13,15,20,23H,4-5,14H2,1-3H3,(H,22,24). The van der Waals surface area contributed by atoms with Gasteiger partial charge in [-0.3, -0.25) is 4.79 Å². The van der Waals surface area contributed by atoms with Crippen LogP contribution in [-0.2, 0) is 11.4 Å². The van der Waals surface area contributed by atoms with Gasteiger partial charge >= 0.3 is 0 Å². The first-order chi connectivity index (χ1) is 12.1. The van der Waals surface area contributed by atoms with Crippen LogP contribution < -0.4 is 10.1 Å². The molecule has 1 amide bonds. The van der Waals surface area contributed by atoms with E-state index in [0.717, 1.165) is 12.0 Å². The van der Waals surface area contributed by atoms with Crippen molar-refractivity contribution in [2.45, 2.75) is 39.7 Å². The summed E-state index contributed by atoms with van der Waals surface area (Å²) in [6.45, 7) is 6.48. The van der Waals surface area contributed by atoms with Crippen molar-refractivity contribution in [1.82, 2.24) is 0 Å². The summed E-state index contributed by atoms with van der Waals surface area (Å²) in [7, 11) is 0. The quantitative estimate of drug-likeness (QED) is 0.750. The molecule has 2 aromatic carbocycles. The van der Waals surface area contributed by atoms with Crippen molar-refractivity contribution in [3.05, 3.63) is 59.7 Å². The lowest BCUT2D eigenvalue weighted by Gasteiger charge is -2.23. The summed E-state index contributed by atoms with van der Waals surface area (Å²) in [6.07, 6.45) is 0.915. The second kappa shape index (κ2) is 9.23. The minimum Gasteiger partial charge on any atom is -0.494 e. The van der Waals surface area contributed by atoms with Gasteiger partial charge in [-0.15, -0.1) is 0 Å². The third-order valence-corrected chi connectivity index (χ3v) is 4.45.